The molecular formula is C33H42N8O4. The van der Waals surface area contributed by atoms with Gasteiger partial charge in [0.1, 0.15) is 5.82 Å². The van der Waals surface area contributed by atoms with Gasteiger partial charge < -0.3 is 35.2 Å². The van der Waals surface area contributed by atoms with E-state index >= 15 is 0 Å². The minimum atomic E-state index is -0.377. The van der Waals surface area contributed by atoms with Crippen LogP contribution in [0.5, 0.6) is 0 Å². The van der Waals surface area contributed by atoms with Crippen molar-refractivity contribution in [3.63, 3.8) is 0 Å². The Labute approximate surface area is 263 Å². The Balaban J connectivity index is 1.04. The number of likely N-dealkylation sites (tertiary alicyclic amines) is 1. The Morgan fingerprint density at radius 3 is 2.09 bits per heavy atom. The summed E-state index contributed by atoms with van der Waals surface area (Å²) in [5, 5.41) is 8.69. The molecule has 0 saturated carbocycles. The third-order valence-electron chi connectivity index (χ3n) is 8.49. The van der Waals surface area contributed by atoms with E-state index in [1.165, 1.54) is 19.3 Å². The lowest BCUT2D eigenvalue weighted by molar-refractivity contribution is 0.0835. The van der Waals surface area contributed by atoms with Crippen LogP contribution in [0.3, 0.4) is 0 Å². The molecule has 3 N–H and O–H groups in total. The summed E-state index contributed by atoms with van der Waals surface area (Å²) < 4.78 is 11.1. The smallest absolute Gasteiger partial charge is 0.323 e. The highest BCUT2D eigenvalue weighted by molar-refractivity contribution is 6.00. The Morgan fingerprint density at radius 1 is 0.756 bits per heavy atom. The average molecular weight is 615 g/mol. The topological polar surface area (TPSA) is 134 Å². The number of carbonyl (C=O) groups excluding carboxylic acids is 2. The molecule has 0 radical (unpaired) electrons. The van der Waals surface area contributed by atoms with Gasteiger partial charge in [-0.2, -0.15) is 9.97 Å². The van der Waals surface area contributed by atoms with E-state index in [0.717, 1.165) is 57.0 Å². The highest BCUT2D eigenvalue weighted by Gasteiger charge is 2.23. The summed E-state index contributed by atoms with van der Waals surface area (Å²) in [6, 6.07) is 14.0. The number of nitrogens with one attached hydrogen (secondary N) is 3. The molecule has 1 aromatic heterocycles. The van der Waals surface area contributed by atoms with Crippen LogP contribution >= 0.6 is 0 Å². The van der Waals surface area contributed by atoms with Gasteiger partial charge in [0.25, 0.3) is 5.91 Å². The summed E-state index contributed by atoms with van der Waals surface area (Å²) in [4.78, 5) is 44.3. The fraction of sp³-hybridized carbons (Fsp3) is 0.485. The van der Waals surface area contributed by atoms with Crippen LogP contribution in [0, 0.1) is 0 Å². The van der Waals surface area contributed by atoms with Gasteiger partial charge in [-0.15, -0.1) is 0 Å². The van der Waals surface area contributed by atoms with E-state index in [1.54, 1.807) is 24.3 Å². The molecule has 3 aliphatic heterocycles. The molecule has 45 heavy (non-hydrogen) atoms. The molecule has 0 spiro atoms. The Morgan fingerprint density at radius 2 is 1.40 bits per heavy atom. The molecule has 3 aliphatic rings. The van der Waals surface area contributed by atoms with Crippen molar-refractivity contribution in [2.24, 2.45) is 0 Å². The second kappa shape index (κ2) is 15.2. The van der Waals surface area contributed by atoms with Gasteiger partial charge in [-0.3, -0.25) is 4.79 Å². The molecule has 0 bridgehead atoms. The predicted octanol–water partition coefficient (Wildman–Crippen LogP) is 4.13. The van der Waals surface area contributed by atoms with E-state index in [4.69, 9.17) is 24.4 Å². The molecular weight excluding hydrogens is 572 g/mol. The third-order valence-corrected chi connectivity index (χ3v) is 8.49. The third kappa shape index (κ3) is 8.53. The number of hydrogen-bond acceptors (Lipinski definition) is 9. The second-order valence-corrected chi connectivity index (χ2v) is 11.7. The van der Waals surface area contributed by atoms with Crippen molar-refractivity contribution in [1.82, 2.24) is 25.2 Å². The van der Waals surface area contributed by atoms with Crippen LogP contribution in [0.4, 0.5) is 22.1 Å². The van der Waals surface area contributed by atoms with Gasteiger partial charge >= 0.3 is 6.03 Å². The van der Waals surface area contributed by atoms with Crippen molar-refractivity contribution in [3.8, 4) is 11.4 Å². The molecule has 3 aromatic rings. The molecule has 0 aliphatic carbocycles. The van der Waals surface area contributed by atoms with Crippen LogP contribution in [-0.2, 0) is 9.47 Å². The monoisotopic (exact) mass is 614 g/mol. The van der Waals surface area contributed by atoms with E-state index in [0.29, 0.717) is 61.7 Å². The molecule has 6 rings (SSSR count). The number of anilines is 3. The van der Waals surface area contributed by atoms with Crippen LogP contribution in [0.2, 0.25) is 0 Å². The quantitative estimate of drug-likeness (QED) is 0.325. The zero-order valence-corrected chi connectivity index (χ0v) is 25.7. The van der Waals surface area contributed by atoms with Crippen molar-refractivity contribution in [3.05, 3.63) is 59.9 Å². The van der Waals surface area contributed by atoms with Gasteiger partial charge in [0.05, 0.1) is 13.2 Å². The lowest BCUT2D eigenvalue weighted by Gasteiger charge is -2.28. The SMILES string of the molecule is O=C(Nc1ccc(C(=O)NCCN2CCCCC2)cc1)Nc1ccc(-c2nc(C3CCOCC3)nc(N3CCOCC3)n2)cc1. The van der Waals surface area contributed by atoms with Crippen LogP contribution < -0.4 is 20.9 Å². The number of piperidine rings is 1. The molecule has 3 fully saturated rings. The highest BCUT2D eigenvalue weighted by Crippen LogP contribution is 2.28. The summed E-state index contributed by atoms with van der Waals surface area (Å²) in [7, 11) is 0. The van der Waals surface area contributed by atoms with Crippen LogP contribution in [0.1, 0.15) is 54.2 Å². The first-order chi connectivity index (χ1) is 22.1. The summed E-state index contributed by atoms with van der Waals surface area (Å²) in [5.74, 6) is 2.20. The van der Waals surface area contributed by atoms with E-state index in [-0.39, 0.29) is 17.9 Å². The van der Waals surface area contributed by atoms with Gasteiger partial charge in [-0.1, -0.05) is 6.42 Å². The zero-order chi connectivity index (χ0) is 30.8. The highest BCUT2D eigenvalue weighted by atomic mass is 16.5. The second-order valence-electron chi connectivity index (χ2n) is 11.7. The minimum absolute atomic E-state index is 0.113. The van der Waals surface area contributed by atoms with E-state index in [2.05, 4.69) is 25.8 Å². The van der Waals surface area contributed by atoms with Crippen molar-refractivity contribution >= 4 is 29.3 Å². The van der Waals surface area contributed by atoms with Crippen LogP contribution in [0.15, 0.2) is 48.5 Å². The summed E-state index contributed by atoms with van der Waals surface area (Å²) in [6.07, 6.45) is 5.54. The molecule has 12 heteroatoms. The molecule has 3 saturated heterocycles. The Bertz CT molecular complexity index is 1380. The van der Waals surface area contributed by atoms with Crippen molar-refractivity contribution in [2.75, 3.05) is 81.2 Å². The maximum absolute atomic E-state index is 12.7. The Hall–Kier alpha value is -4.13. The van der Waals surface area contributed by atoms with Gasteiger partial charge in [-0.05, 0) is 87.3 Å². The van der Waals surface area contributed by atoms with Gasteiger partial charge in [-0.25, -0.2) is 9.78 Å². The lowest BCUT2D eigenvalue weighted by atomic mass is 9.99. The lowest BCUT2D eigenvalue weighted by Crippen LogP contribution is -2.37. The molecule has 2 aromatic carbocycles. The average Bonchev–Trinajstić information content (AvgIpc) is 3.10. The standard InChI is InChI=1S/C33H42N8O4/c42-31(34-14-17-40-15-2-1-3-16-40)26-6-10-28(11-7-26)36-33(43)35-27-8-4-24(5-9-27)29-37-30(25-12-20-44-21-13-25)39-32(38-29)41-18-22-45-23-19-41/h4-11,25H,1-3,12-23H2,(H,34,42)(H2,35,36,43). The number of nitrogens with zero attached hydrogens (tertiary/aromatic N) is 5. The van der Waals surface area contributed by atoms with E-state index in [9.17, 15) is 9.59 Å². The number of rotatable bonds is 9. The van der Waals surface area contributed by atoms with Gasteiger partial charge in [0, 0.05) is 67.8 Å². The van der Waals surface area contributed by atoms with E-state index < -0.39 is 0 Å². The molecule has 0 atom stereocenters. The molecule has 3 amide bonds. The molecule has 0 unspecified atom stereocenters. The summed E-state index contributed by atoms with van der Waals surface area (Å²) in [6.45, 7) is 7.90. The fourth-order valence-electron chi connectivity index (χ4n) is 5.87. The number of morpholine rings is 1. The first kappa shape index (κ1) is 30.9. The number of aromatic nitrogens is 3. The van der Waals surface area contributed by atoms with Crippen LogP contribution in [0.25, 0.3) is 11.4 Å². The maximum Gasteiger partial charge on any atom is 0.323 e. The minimum Gasteiger partial charge on any atom is -0.381 e. The van der Waals surface area contributed by atoms with E-state index in [1.807, 2.05) is 24.3 Å². The Kier molecular flexibility index (Phi) is 10.5. The largest absolute Gasteiger partial charge is 0.381 e. The molecule has 12 nitrogen and oxygen atoms in total. The summed E-state index contributed by atoms with van der Waals surface area (Å²) >= 11 is 0. The van der Waals surface area contributed by atoms with Crippen molar-refractivity contribution in [2.45, 2.75) is 38.0 Å². The zero-order valence-electron chi connectivity index (χ0n) is 25.7. The van der Waals surface area contributed by atoms with Gasteiger partial charge in [0.2, 0.25) is 5.95 Å². The summed E-state index contributed by atoms with van der Waals surface area (Å²) in [5.41, 5.74) is 2.63. The first-order valence-electron chi connectivity index (χ1n) is 16.1. The number of urea groups is 1. The number of benzene rings is 2. The number of ether oxygens (including phenoxy) is 2. The maximum atomic E-state index is 12.7. The normalized spacial score (nSPS) is 17.9. The van der Waals surface area contributed by atoms with Gasteiger partial charge in [0.15, 0.2) is 5.82 Å². The molecule has 238 valence electrons. The van der Waals surface area contributed by atoms with Crippen molar-refractivity contribution < 1.29 is 19.1 Å². The first-order valence-corrected chi connectivity index (χ1v) is 16.1. The van der Waals surface area contributed by atoms with Crippen molar-refractivity contribution in [1.29, 1.82) is 0 Å². The number of hydrogen-bond donors (Lipinski definition) is 3. The number of carbonyl (C=O) groups is 2. The number of amides is 3. The fourth-order valence-corrected chi connectivity index (χ4v) is 5.87. The van der Waals surface area contributed by atoms with Crippen LogP contribution in [-0.4, -0.2) is 97.5 Å². The molecule has 4 heterocycles. The predicted molar refractivity (Wildman–Crippen MR) is 173 cm³/mol.